The number of aromatic nitrogens is 1. The quantitative estimate of drug-likeness (QED) is 0.630. The molecule has 1 aliphatic carbocycles. The Hall–Kier alpha value is -3.00. The molecule has 0 aliphatic heterocycles. The Balaban J connectivity index is 1.57. The Morgan fingerprint density at radius 3 is 2.82 bits per heavy atom. The van der Waals surface area contributed by atoms with Crippen LogP contribution in [0.15, 0.2) is 42.5 Å². The van der Waals surface area contributed by atoms with Crippen molar-refractivity contribution >= 4 is 22.5 Å². The van der Waals surface area contributed by atoms with Crippen molar-refractivity contribution in [3.8, 4) is 5.75 Å². The molecule has 1 aromatic heterocycles. The van der Waals surface area contributed by atoms with Crippen LogP contribution in [0.4, 0.5) is 18.9 Å². The minimum absolute atomic E-state index is 0.0694. The third kappa shape index (κ3) is 3.82. The maximum absolute atomic E-state index is 12.5. The number of ether oxygens (including phenoxy) is 1. The molecule has 1 atom stereocenters. The van der Waals surface area contributed by atoms with Gasteiger partial charge in [0.05, 0.1) is 0 Å². The predicted molar refractivity (Wildman–Crippen MR) is 99.4 cm³/mol. The minimum Gasteiger partial charge on any atom is -0.406 e. The molecular formula is C20H18F3N3O2. The lowest BCUT2D eigenvalue weighted by molar-refractivity contribution is -0.274. The van der Waals surface area contributed by atoms with Gasteiger partial charge >= 0.3 is 6.36 Å². The summed E-state index contributed by atoms with van der Waals surface area (Å²) in [6.07, 6.45) is -2.23. The molecule has 0 spiro atoms. The van der Waals surface area contributed by atoms with Crippen molar-refractivity contribution in [3.63, 3.8) is 0 Å². The van der Waals surface area contributed by atoms with Gasteiger partial charge in [0.2, 0.25) is 0 Å². The Kier molecular flexibility index (Phi) is 4.50. The van der Waals surface area contributed by atoms with Gasteiger partial charge in [-0.25, -0.2) is 0 Å². The lowest BCUT2D eigenvalue weighted by Gasteiger charge is -2.18. The Morgan fingerprint density at radius 1 is 1.21 bits per heavy atom. The number of rotatable bonds is 3. The number of nitrogens with one attached hydrogen (secondary N) is 2. The van der Waals surface area contributed by atoms with Gasteiger partial charge in [0, 0.05) is 33.9 Å². The van der Waals surface area contributed by atoms with E-state index in [2.05, 4.69) is 15.0 Å². The number of H-pyrrole nitrogens is 1. The molecule has 5 nitrogen and oxygen atoms in total. The molecule has 1 unspecified atom stereocenters. The van der Waals surface area contributed by atoms with Crippen molar-refractivity contribution < 1.29 is 22.7 Å². The number of hydrogen-bond acceptors (Lipinski definition) is 3. The normalized spacial score (nSPS) is 16.6. The summed E-state index contributed by atoms with van der Waals surface area (Å²) in [4.78, 5) is 15.9. The largest absolute Gasteiger partial charge is 0.573 e. The predicted octanol–water partition coefficient (Wildman–Crippen LogP) is 4.13. The van der Waals surface area contributed by atoms with Gasteiger partial charge in [0.15, 0.2) is 0 Å². The van der Waals surface area contributed by atoms with Crippen molar-refractivity contribution in [2.45, 2.75) is 31.7 Å². The van der Waals surface area contributed by atoms with Crippen LogP contribution in [0.3, 0.4) is 0 Å². The summed E-state index contributed by atoms with van der Waals surface area (Å²) in [6.45, 7) is 0. The zero-order valence-electron chi connectivity index (χ0n) is 14.8. The third-order valence-electron chi connectivity index (χ3n) is 4.81. The van der Waals surface area contributed by atoms with E-state index in [0.29, 0.717) is 5.69 Å². The highest BCUT2D eigenvalue weighted by Gasteiger charge is 2.31. The summed E-state index contributed by atoms with van der Waals surface area (Å²) in [5.41, 5.74) is 9.99. The van der Waals surface area contributed by atoms with Crippen LogP contribution >= 0.6 is 0 Å². The molecule has 1 amide bonds. The fourth-order valence-electron chi connectivity index (χ4n) is 3.56. The molecule has 0 bridgehead atoms. The fourth-order valence-corrected chi connectivity index (χ4v) is 3.56. The van der Waals surface area contributed by atoms with E-state index in [1.54, 1.807) is 6.07 Å². The number of carbonyl (C=O) groups is 1. The van der Waals surface area contributed by atoms with E-state index in [4.69, 9.17) is 5.73 Å². The molecule has 28 heavy (non-hydrogen) atoms. The van der Waals surface area contributed by atoms with Crippen LogP contribution in [-0.2, 0) is 12.8 Å². The summed E-state index contributed by atoms with van der Waals surface area (Å²) >= 11 is 0. The van der Waals surface area contributed by atoms with Crippen molar-refractivity contribution in [2.24, 2.45) is 5.73 Å². The van der Waals surface area contributed by atoms with E-state index >= 15 is 0 Å². The average molecular weight is 389 g/mol. The van der Waals surface area contributed by atoms with Gasteiger partial charge in [-0.2, -0.15) is 0 Å². The van der Waals surface area contributed by atoms with E-state index in [1.807, 2.05) is 12.1 Å². The van der Waals surface area contributed by atoms with Gasteiger partial charge in [-0.15, -0.1) is 13.2 Å². The van der Waals surface area contributed by atoms with E-state index < -0.39 is 18.0 Å². The lowest BCUT2D eigenvalue weighted by Crippen LogP contribution is -2.27. The van der Waals surface area contributed by atoms with E-state index in [1.165, 1.54) is 12.1 Å². The van der Waals surface area contributed by atoms with Crippen LogP contribution in [0.2, 0.25) is 0 Å². The SMILES string of the molecule is NC1CCc2[nH]c3ccc(NC(=O)c4cccc(OC(F)(F)F)c4)cc3c2C1. The first-order chi connectivity index (χ1) is 13.3. The monoisotopic (exact) mass is 389 g/mol. The van der Waals surface area contributed by atoms with Gasteiger partial charge in [-0.1, -0.05) is 6.07 Å². The molecule has 0 saturated heterocycles. The molecule has 1 heterocycles. The lowest BCUT2D eigenvalue weighted by atomic mass is 9.92. The summed E-state index contributed by atoms with van der Waals surface area (Å²) in [7, 11) is 0. The summed E-state index contributed by atoms with van der Waals surface area (Å²) in [5.74, 6) is -0.961. The number of aryl methyl sites for hydroxylation is 1. The molecule has 4 N–H and O–H groups in total. The van der Waals surface area contributed by atoms with Gasteiger partial charge in [0.25, 0.3) is 5.91 Å². The van der Waals surface area contributed by atoms with Crippen LogP contribution in [0.5, 0.6) is 5.75 Å². The van der Waals surface area contributed by atoms with Crippen molar-refractivity contribution in [1.82, 2.24) is 4.98 Å². The highest BCUT2D eigenvalue weighted by atomic mass is 19.4. The highest BCUT2D eigenvalue weighted by Crippen LogP contribution is 2.31. The summed E-state index contributed by atoms with van der Waals surface area (Å²) < 4.78 is 41.0. The van der Waals surface area contributed by atoms with E-state index in [9.17, 15) is 18.0 Å². The molecule has 8 heteroatoms. The van der Waals surface area contributed by atoms with E-state index in [0.717, 1.165) is 53.6 Å². The summed E-state index contributed by atoms with van der Waals surface area (Å²) in [6, 6.07) is 10.6. The number of hydrogen-bond donors (Lipinski definition) is 3. The van der Waals surface area contributed by atoms with Gasteiger partial charge in [-0.05, 0) is 61.2 Å². The maximum Gasteiger partial charge on any atom is 0.573 e. The second-order valence-electron chi connectivity index (χ2n) is 6.88. The number of carbonyl (C=O) groups excluding carboxylic acids is 1. The first-order valence-corrected chi connectivity index (χ1v) is 8.85. The molecule has 146 valence electrons. The molecule has 0 radical (unpaired) electrons. The molecule has 0 saturated carbocycles. The third-order valence-corrected chi connectivity index (χ3v) is 4.81. The number of anilines is 1. The first-order valence-electron chi connectivity index (χ1n) is 8.85. The van der Waals surface area contributed by atoms with Crippen LogP contribution in [0, 0.1) is 0 Å². The fraction of sp³-hybridized carbons (Fsp3) is 0.250. The Bertz CT molecular complexity index is 1040. The first kappa shape index (κ1) is 18.4. The van der Waals surface area contributed by atoms with Crippen LogP contribution in [0.25, 0.3) is 10.9 Å². The number of halogens is 3. The topological polar surface area (TPSA) is 80.1 Å². The smallest absolute Gasteiger partial charge is 0.406 e. The number of benzene rings is 2. The molecule has 4 rings (SSSR count). The molecule has 3 aromatic rings. The van der Waals surface area contributed by atoms with Crippen LogP contribution in [-0.4, -0.2) is 23.3 Å². The van der Waals surface area contributed by atoms with Crippen LogP contribution in [0.1, 0.15) is 28.0 Å². The second-order valence-corrected chi connectivity index (χ2v) is 6.88. The molecule has 1 aliphatic rings. The molecular weight excluding hydrogens is 371 g/mol. The zero-order chi connectivity index (χ0) is 19.9. The number of amides is 1. The standard InChI is InChI=1S/C20H18F3N3O2/c21-20(22,23)28-14-3-1-2-11(8-14)19(27)25-13-5-7-18-16(10-13)15-9-12(24)4-6-17(15)26-18/h1-3,5,7-8,10,12,26H,4,6,9,24H2,(H,25,27). The number of nitrogens with two attached hydrogens (primary N) is 1. The highest BCUT2D eigenvalue weighted by molar-refractivity contribution is 6.05. The maximum atomic E-state index is 12.5. The Labute approximate surface area is 158 Å². The van der Waals surface area contributed by atoms with E-state index in [-0.39, 0.29) is 11.6 Å². The molecule has 2 aromatic carbocycles. The average Bonchev–Trinajstić information content (AvgIpc) is 2.98. The number of alkyl halides is 3. The van der Waals surface area contributed by atoms with Crippen molar-refractivity contribution in [2.75, 3.05) is 5.32 Å². The minimum atomic E-state index is -4.81. The summed E-state index contributed by atoms with van der Waals surface area (Å²) in [5, 5.41) is 3.72. The van der Waals surface area contributed by atoms with Crippen molar-refractivity contribution in [3.05, 3.63) is 59.3 Å². The molecule has 0 fully saturated rings. The van der Waals surface area contributed by atoms with Crippen molar-refractivity contribution in [1.29, 1.82) is 0 Å². The zero-order valence-corrected chi connectivity index (χ0v) is 14.8. The Morgan fingerprint density at radius 2 is 2.04 bits per heavy atom. The number of fused-ring (bicyclic) bond motifs is 3. The van der Waals surface area contributed by atoms with Gasteiger partial charge in [-0.3, -0.25) is 4.79 Å². The van der Waals surface area contributed by atoms with Gasteiger partial charge in [0.1, 0.15) is 5.75 Å². The number of aromatic amines is 1. The van der Waals surface area contributed by atoms with Gasteiger partial charge < -0.3 is 20.8 Å². The van der Waals surface area contributed by atoms with Crippen LogP contribution < -0.4 is 15.8 Å². The second kappa shape index (κ2) is 6.87.